The molecular formula is C17H25NO2. The maximum atomic E-state index is 11.8. The van der Waals surface area contributed by atoms with Gasteiger partial charge in [0.1, 0.15) is 0 Å². The van der Waals surface area contributed by atoms with E-state index in [4.69, 9.17) is 4.74 Å². The molecule has 3 heteroatoms. The first-order valence-electron chi connectivity index (χ1n) is 7.63. The minimum absolute atomic E-state index is 0.217. The van der Waals surface area contributed by atoms with Gasteiger partial charge in [-0.25, -0.2) is 4.79 Å². The fraction of sp³-hybridized carbons (Fsp3) is 0.588. The van der Waals surface area contributed by atoms with E-state index in [-0.39, 0.29) is 5.97 Å². The van der Waals surface area contributed by atoms with E-state index in [9.17, 15) is 4.79 Å². The highest BCUT2D eigenvalue weighted by atomic mass is 16.5. The number of hydrogen-bond donors (Lipinski definition) is 0. The molecule has 20 heavy (non-hydrogen) atoms. The van der Waals surface area contributed by atoms with Gasteiger partial charge >= 0.3 is 5.97 Å². The van der Waals surface area contributed by atoms with E-state index in [1.807, 2.05) is 18.2 Å². The summed E-state index contributed by atoms with van der Waals surface area (Å²) >= 11 is 0. The van der Waals surface area contributed by atoms with Crippen LogP contribution in [0.25, 0.3) is 0 Å². The number of rotatable bonds is 5. The molecule has 1 aromatic carbocycles. The van der Waals surface area contributed by atoms with Crippen molar-refractivity contribution < 1.29 is 9.53 Å². The van der Waals surface area contributed by atoms with E-state index in [1.165, 1.54) is 19.4 Å². The van der Waals surface area contributed by atoms with Crippen molar-refractivity contribution >= 4 is 5.97 Å². The summed E-state index contributed by atoms with van der Waals surface area (Å²) in [5, 5.41) is 0. The molecule has 0 aliphatic carbocycles. The summed E-state index contributed by atoms with van der Waals surface area (Å²) in [6, 6.07) is 9.84. The summed E-state index contributed by atoms with van der Waals surface area (Å²) in [6.07, 6.45) is 3.48. The summed E-state index contributed by atoms with van der Waals surface area (Å²) < 4.78 is 5.31. The molecule has 1 fully saturated rings. The Kier molecular flexibility index (Phi) is 5.60. The molecule has 2 rings (SSSR count). The highest BCUT2D eigenvalue weighted by Gasteiger charge is 2.22. The zero-order valence-corrected chi connectivity index (χ0v) is 12.5. The van der Waals surface area contributed by atoms with E-state index in [0.717, 1.165) is 18.9 Å². The second-order valence-corrected chi connectivity index (χ2v) is 5.87. The van der Waals surface area contributed by atoms with Crippen molar-refractivity contribution in [2.45, 2.75) is 39.2 Å². The Morgan fingerprint density at radius 1 is 1.30 bits per heavy atom. The Hall–Kier alpha value is -1.35. The summed E-state index contributed by atoms with van der Waals surface area (Å²) in [5.41, 5.74) is 0.632. The van der Waals surface area contributed by atoms with Gasteiger partial charge in [0.2, 0.25) is 0 Å². The number of ether oxygens (including phenoxy) is 1. The van der Waals surface area contributed by atoms with Crippen LogP contribution in [0.3, 0.4) is 0 Å². The Morgan fingerprint density at radius 2 is 2.05 bits per heavy atom. The van der Waals surface area contributed by atoms with Crippen LogP contribution in [0, 0.1) is 5.92 Å². The van der Waals surface area contributed by atoms with Gasteiger partial charge < -0.3 is 9.64 Å². The molecule has 1 aliphatic rings. The molecule has 0 bridgehead atoms. The molecule has 3 nitrogen and oxygen atoms in total. The van der Waals surface area contributed by atoms with Crippen molar-refractivity contribution in [3.63, 3.8) is 0 Å². The summed E-state index contributed by atoms with van der Waals surface area (Å²) in [6.45, 7) is 7.33. The van der Waals surface area contributed by atoms with Gasteiger partial charge in [-0.2, -0.15) is 0 Å². The first-order valence-corrected chi connectivity index (χ1v) is 7.63. The first kappa shape index (κ1) is 15.0. The minimum Gasteiger partial charge on any atom is -0.462 e. The molecule has 0 N–H and O–H groups in total. The normalized spacial score (nSPS) is 23.5. The lowest BCUT2D eigenvalue weighted by atomic mass is 9.93. The van der Waals surface area contributed by atoms with Gasteiger partial charge in [0.15, 0.2) is 0 Å². The van der Waals surface area contributed by atoms with Crippen LogP contribution in [0.15, 0.2) is 30.3 Å². The average molecular weight is 275 g/mol. The number of likely N-dealkylation sites (tertiary alicyclic amines) is 1. The zero-order chi connectivity index (χ0) is 14.4. The molecule has 1 heterocycles. The number of esters is 1. The predicted octanol–water partition coefficient (Wildman–Crippen LogP) is 3.35. The smallest absolute Gasteiger partial charge is 0.338 e. The molecule has 2 unspecified atom stereocenters. The third-order valence-electron chi connectivity index (χ3n) is 4.11. The van der Waals surface area contributed by atoms with Crippen LogP contribution in [-0.4, -0.2) is 36.6 Å². The van der Waals surface area contributed by atoms with Crippen molar-refractivity contribution in [1.29, 1.82) is 0 Å². The lowest BCUT2D eigenvalue weighted by Crippen LogP contribution is -2.40. The lowest BCUT2D eigenvalue weighted by molar-refractivity contribution is 0.0468. The van der Waals surface area contributed by atoms with Crippen LogP contribution < -0.4 is 0 Å². The Balaban J connectivity index is 1.65. The van der Waals surface area contributed by atoms with E-state index < -0.39 is 0 Å². The van der Waals surface area contributed by atoms with Crippen molar-refractivity contribution in [3.05, 3.63) is 35.9 Å². The van der Waals surface area contributed by atoms with E-state index in [2.05, 4.69) is 18.7 Å². The molecule has 0 spiro atoms. The quantitative estimate of drug-likeness (QED) is 0.609. The van der Waals surface area contributed by atoms with Crippen LogP contribution in [0.1, 0.15) is 43.5 Å². The van der Waals surface area contributed by atoms with Gasteiger partial charge in [-0.1, -0.05) is 25.1 Å². The largest absolute Gasteiger partial charge is 0.462 e. The van der Waals surface area contributed by atoms with Crippen molar-refractivity contribution in [1.82, 2.24) is 4.90 Å². The molecule has 110 valence electrons. The van der Waals surface area contributed by atoms with Gasteiger partial charge in [-0.05, 0) is 50.8 Å². The van der Waals surface area contributed by atoms with Gasteiger partial charge in [0, 0.05) is 12.6 Å². The van der Waals surface area contributed by atoms with Crippen LogP contribution in [-0.2, 0) is 4.74 Å². The SMILES string of the molecule is CC1CCN(CCCOC(=O)c2ccccc2)C(C)C1. The second kappa shape index (κ2) is 7.44. The number of carbonyl (C=O) groups excluding carboxylic acids is 1. The Bertz CT molecular complexity index is 418. The number of nitrogens with zero attached hydrogens (tertiary/aromatic N) is 1. The van der Waals surface area contributed by atoms with Crippen LogP contribution in [0.2, 0.25) is 0 Å². The van der Waals surface area contributed by atoms with Crippen molar-refractivity contribution in [3.8, 4) is 0 Å². The predicted molar refractivity (Wildman–Crippen MR) is 80.8 cm³/mol. The maximum absolute atomic E-state index is 11.8. The molecular weight excluding hydrogens is 250 g/mol. The maximum Gasteiger partial charge on any atom is 0.338 e. The molecule has 0 aromatic heterocycles. The van der Waals surface area contributed by atoms with E-state index in [1.54, 1.807) is 12.1 Å². The second-order valence-electron chi connectivity index (χ2n) is 5.87. The summed E-state index contributed by atoms with van der Waals surface area (Å²) in [4.78, 5) is 14.3. The summed E-state index contributed by atoms with van der Waals surface area (Å²) in [5.74, 6) is 0.628. The van der Waals surface area contributed by atoms with Crippen LogP contribution in [0.5, 0.6) is 0 Å². The lowest BCUT2D eigenvalue weighted by Gasteiger charge is -2.36. The van der Waals surface area contributed by atoms with Gasteiger partial charge in [0.05, 0.1) is 12.2 Å². The molecule has 1 saturated heterocycles. The number of hydrogen-bond acceptors (Lipinski definition) is 3. The molecule has 0 amide bonds. The van der Waals surface area contributed by atoms with Crippen LogP contribution in [0.4, 0.5) is 0 Å². The topological polar surface area (TPSA) is 29.5 Å². The molecule has 0 radical (unpaired) electrons. The van der Waals surface area contributed by atoms with Gasteiger partial charge in [-0.3, -0.25) is 0 Å². The zero-order valence-electron chi connectivity index (χ0n) is 12.5. The summed E-state index contributed by atoms with van der Waals surface area (Å²) in [7, 11) is 0. The fourth-order valence-corrected chi connectivity index (χ4v) is 2.88. The first-order chi connectivity index (χ1) is 9.66. The number of benzene rings is 1. The monoisotopic (exact) mass is 275 g/mol. The van der Waals surface area contributed by atoms with E-state index >= 15 is 0 Å². The Labute approximate surface area is 121 Å². The third kappa shape index (κ3) is 4.34. The molecule has 2 atom stereocenters. The Morgan fingerprint density at radius 3 is 2.75 bits per heavy atom. The average Bonchev–Trinajstić information content (AvgIpc) is 2.46. The highest BCUT2D eigenvalue weighted by molar-refractivity contribution is 5.89. The standard InChI is InChI=1S/C17H25NO2/c1-14-9-11-18(15(2)13-14)10-6-12-20-17(19)16-7-4-3-5-8-16/h3-5,7-8,14-15H,6,9-13H2,1-2H3. The van der Waals surface area contributed by atoms with Gasteiger partial charge in [-0.15, -0.1) is 0 Å². The number of carbonyl (C=O) groups is 1. The molecule has 1 aromatic rings. The third-order valence-corrected chi connectivity index (χ3v) is 4.11. The van der Waals surface area contributed by atoms with Crippen LogP contribution >= 0.6 is 0 Å². The molecule has 0 saturated carbocycles. The minimum atomic E-state index is -0.217. The number of piperidine rings is 1. The fourth-order valence-electron chi connectivity index (χ4n) is 2.88. The highest BCUT2D eigenvalue weighted by Crippen LogP contribution is 2.21. The van der Waals surface area contributed by atoms with Crippen molar-refractivity contribution in [2.75, 3.05) is 19.7 Å². The van der Waals surface area contributed by atoms with Gasteiger partial charge in [0.25, 0.3) is 0 Å². The molecule has 1 aliphatic heterocycles. The van der Waals surface area contributed by atoms with Crippen molar-refractivity contribution in [2.24, 2.45) is 5.92 Å². The van der Waals surface area contributed by atoms with E-state index in [0.29, 0.717) is 18.2 Å².